The van der Waals surface area contributed by atoms with Crippen molar-refractivity contribution in [3.63, 3.8) is 0 Å². The number of benzene rings is 1. The highest BCUT2D eigenvalue weighted by atomic mass is 19.4. The number of hydrogen-bond acceptors (Lipinski definition) is 5. The van der Waals surface area contributed by atoms with Gasteiger partial charge >= 0.3 is 6.18 Å². The lowest BCUT2D eigenvalue weighted by atomic mass is 9.92. The molecule has 0 saturated heterocycles. The number of nitrogens with zero attached hydrogens (tertiary/aromatic N) is 1. The maximum atomic E-state index is 13.4. The molecule has 2 heterocycles. The highest BCUT2D eigenvalue weighted by Crippen LogP contribution is 2.36. The number of halogens is 3. The molecule has 2 aromatic rings. The average Bonchev–Trinajstić information content (AvgIpc) is 2.87. The van der Waals surface area contributed by atoms with Crippen molar-refractivity contribution in [3.05, 3.63) is 77.4 Å². The quantitative estimate of drug-likeness (QED) is 0.338. The van der Waals surface area contributed by atoms with E-state index < -0.39 is 17.6 Å². The second-order valence-corrected chi connectivity index (χ2v) is 9.15. The van der Waals surface area contributed by atoms with Crippen molar-refractivity contribution in [2.45, 2.75) is 60.2 Å². The van der Waals surface area contributed by atoms with E-state index in [-0.39, 0.29) is 22.4 Å². The molecule has 0 saturated carbocycles. The zero-order chi connectivity index (χ0) is 27.6. The molecular formula is C28H37F3N4O2. The number of ether oxygens (including phenoxy) is 1. The predicted octanol–water partition coefficient (Wildman–Crippen LogP) is 6.43. The molecule has 1 aromatic heterocycles. The molecule has 0 unspecified atom stereocenters. The van der Waals surface area contributed by atoms with E-state index in [0.717, 1.165) is 18.1 Å². The van der Waals surface area contributed by atoms with Crippen molar-refractivity contribution >= 4 is 11.6 Å². The summed E-state index contributed by atoms with van der Waals surface area (Å²) < 4.78 is 46.2. The van der Waals surface area contributed by atoms with Crippen LogP contribution < -0.4 is 20.7 Å². The molecule has 202 valence electrons. The van der Waals surface area contributed by atoms with Crippen LogP contribution in [0.5, 0.6) is 5.75 Å². The Hall–Kier alpha value is -3.49. The van der Waals surface area contributed by atoms with Gasteiger partial charge in [0.1, 0.15) is 5.75 Å². The molecule has 3 N–H and O–H groups in total. The first-order valence-electron chi connectivity index (χ1n) is 12.5. The van der Waals surface area contributed by atoms with E-state index in [1.807, 2.05) is 19.9 Å². The van der Waals surface area contributed by atoms with Gasteiger partial charge in [0.05, 0.1) is 29.6 Å². The van der Waals surface area contributed by atoms with Crippen molar-refractivity contribution in [2.75, 3.05) is 18.5 Å². The van der Waals surface area contributed by atoms with Crippen LogP contribution >= 0.6 is 0 Å². The van der Waals surface area contributed by atoms with E-state index in [0.29, 0.717) is 37.6 Å². The van der Waals surface area contributed by atoms with Crippen molar-refractivity contribution in [1.82, 2.24) is 15.6 Å². The molecular weight excluding hydrogens is 481 g/mol. The molecule has 0 radical (unpaired) electrons. The molecule has 1 aliphatic heterocycles. The van der Waals surface area contributed by atoms with Crippen LogP contribution in [0.1, 0.15) is 58.6 Å². The number of para-hydroxylation sites is 1. The van der Waals surface area contributed by atoms with Gasteiger partial charge in [-0.05, 0) is 30.0 Å². The first-order valence-corrected chi connectivity index (χ1v) is 12.5. The van der Waals surface area contributed by atoms with Crippen LogP contribution in [-0.2, 0) is 17.5 Å². The minimum Gasteiger partial charge on any atom is -0.491 e. The van der Waals surface area contributed by atoms with Gasteiger partial charge in [-0.15, -0.1) is 0 Å². The Morgan fingerprint density at radius 3 is 2.57 bits per heavy atom. The lowest BCUT2D eigenvalue weighted by molar-refractivity contribution is -0.136. The van der Waals surface area contributed by atoms with Crippen LogP contribution in [0.2, 0.25) is 0 Å². The zero-order valence-electron chi connectivity index (χ0n) is 22.2. The number of alkyl halides is 3. The minimum absolute atomic E-state index is 0.00775. The summed E-state index contributed by atoms with van der Waals surface area (Å²) in [5, 5.41) is 8.69. The van der Waals surface area contributed by atoms with E-state index in [4.69, 9.17) is 4.74 Å². The third-order valence-corrected chi connectivity index (χ3v) is 5.95. The van der Waals surface area contributed by atoms with Crippen molar-refractivity contribution < 1.29 is 22.7 Å². The number of aromatic nitrogens is 1. The first-order chi connectivity index (χ1) is 17.5. The van der Waals surface area contributed by atoms with Crippen LogP contribution in [0.4, 0.5) is 18.9 Å². The summed E-state index contributed by atoms with van der Waals surface area (Å²) in [5.41, 5.74) is 0.722. The molecule has 0 bridgehead atoms. The van der Waals surface area contributed by atoms with Crippen LogP contribution in [0.15, 0.2) is 66.3 Å². The van der Waals surface area contributed by atoms with Gasteiger partial charge in [0.15, 0.2) is 0 Å². The number of hydrogen-bond donors (Lipinski definition) is 3. The Balaban J connectivity index is 0.00000235. The van der Waals surface area contributed by atoms with E-state index in [9.17, 15) is 18.0 Å². The number of anilines is 1. The van der Waals surface area contributed by atoms with Gasteiger partial charge in [0, 0.05) is 42.7 Å². The summed E-state index contributed by atoms with van der Waals surface area (Å²) in [4.78, 5) is 16.8. The number of carbonyl (C=O) groups is 1. The number of pyridine rings is 1. The highest BCUT2D eigenvalue weighted by Gasteiger charge is 2.34. The van der Waals surface area contributed by atoms with Crippen LogP contribution in [0.3, 0.4) is 0 Å². The second kappa shape index (κ2) is 13.2. The fourth-order valence-electron chi connectivity index (χ4n) is 3.47. The van der Waals surface area contributed by atoms with Gasteiger partial charge in [-0.1, -0.05) is 53.3 Å². The predicted molar refractivity (Wildman–Crippen MR) is 141 cm³/mol. The third-order valence-electron chi connectivity index (χ3n) is 5.95. The SMILES string of the molecule is C=C(Nc1ccccc1C(F)(F)F)C1=C(NCc2ccncc2OCC(C)(C)CC)CCNC1=O.CC. The van der Waals surface area contributed by atoms with E-state index >= 15 is 0 Å². The topological polar surface area (TPSA) is 75.3 Å². The van der Waals surface area contributed by atoms with Crippen LogP contribution in [0, 0.1) is 5.41 Å². The van der Waals surface area contributed by atoms with Crippen molar-refractivity contribution in [1.29, 1.82) is 0 Å². The molecule has 0 spiro atoms. The Morgan fingerprint density at radius 1 is 1.19 bits per heavy atom. The largest absolute Gasteiger partial charge is 0.491 e. The molecule has 37 heavy (non-hydrogen) atoms. The lowest BCUT2D eigenvalue weighted by Crippen LogP contribution is -2.37. The summed E-state index contributed by atoms with van der Waals surface area (Å²) in [5.74, 6) is 0.233. The molecule has 3 rings (SSSR count). The fourth-order valence-corrected chi connectivity index (χ4v) is 3.47. The van der Waals surface area contributed by atoms with Crippen LogP contribution in [-0.4, -0.2) is 24.0 Å². The fraction of sp³-hybridized carbons (Fsp3) is 0.429. The molecule has 1 amide bonds. The minimum atomic E-state index is -4.54. The molecule has 9 heteroatoms. The summed E-state index contributed by atoms with van der Waals surface area (Å²) in [6, 6.07) is 6.92. The Kier molecular flexibility index (Phi) is 10.6. The van der Waals surface area contributed by atoms with Gasteiger partial charge in [0.25, 0.3) is 5.91 Å². The molecule has 6 nitrogen and oxygen atoms in total. The van der Waals surface area contributed by atoms with Gasteiger partial charge in [-0.2, -0.15) is 13.2 Å². The summed E-state index contributed by atoms with van der Waals surface area (Å²) >= 11 is 0. The second-order valence-electron chi connectivity index (χ2n) is 9.15. The van der Waals surface area contributed by atoms with E-state index in [1.165, 1.54) is 18.2 Å². The maximum absolute atomic E-state index is 13.4. The molecule has 0 atom stereocenters. The summed E-state index contributed by atoms with van der Waals surface area (Å²) in [6.07, 6.45) is 0.205. The monoisotopic (exact) mass is 518 g/mol. The van der Waals surface area contributed by atoms with Crippen molar-refractivity contribution in [2.24, 2.45) is 5.41 Å². The van der Waals surface area contributed by atoms with Gasteiger partial charge < -0.3 is 20.7 Å². The van der Waals surface area contributed by atoms with E-state index in [2.05, 4.69) is 48.3 Å². The number of amides is 1. The third kappa shape index (κ3) is 8.27. The number of rotatable bonds is 10. The van der Waals surface area contributed by atoms with Gasteiger partial charge in [0.2, 0.25) is 0 Å². The molecule has 0 fully saturated rings. The summed E-state index contributed by atoms with van der Waals surface area (Å²) in [6.45, 7) is 15.5. The maximum Gasteiger partial charge on any atom is 0.418 e. The molecule has 0 aliphatic carbocycles. The van der Waals surface area contributed by atoms with Crippen molar-refractivity contribution in [3.8, 4) is 5.75 Å². The van der Waals surface area contributed by atoms with E-state index in [1.54, 1.807) is 12.4 Å². The highest BCUT2D eigenvalue weighted by molar-refractivity contribution is 6.00. The first kappa shape index (κ1) is 29.7. The molecule has 1 aromatic carbocycles. The molecule has 1 aliphatic rings. The Labute approximate surface area is 217 Å². The van der Waals surface area contributed by atoms with Crippen LogP contribution in [0.25, 0.3) is 0 Å². The zero-order valence-corrected chi connectivity index (χ0v) is 22.2. The standard InChI is InChI=1S/C26H31F3N4O2.C2H6/c1-5-25(3,4)16-35-22-15-30-12-10-18(22)14-32-21-11-13-31-24(34)23(21)17(2)33-20-9-7-6-8-19(20)26(27,28)29;1-2/h6-10,12,15,32-33H,2,5,11,13-14,16H2,1,3-4H3,(H,31,34);1-2H3. The summed E-state index contributed by atoms with van der Waals surface area (Å²) in [7, 11) is 0. The Morgan fingerprint density at radius 2 is 1.89 bits per heavy atom. The number of nitrogens with one attached hydrogen (secondary N) is 3. The Bertz CT molecular complexity index is 1110. The number of carbonyl (C=O) groups excluding carboxylic acids is 1. The smallest absolute Gasteiger partial charge is 0.418 e. The normalized spacial score (nSPS) is 13.8. The van der Waals surface area contributed by atoms with Gasteiger partial charge in [-0.25, -0.2) is 0 Å². The lowest BCUT2D eigenvalue weighted by Gasteiger charge is -2.25. The van der Waals surface area contributed by atoms with Gasteiger partial charge in [-0.3, -0.25) is 9.78 Å². The average molecular weight is 519 g/mol.